The van der Waals surface area contributed by atoms with Crippen LogP contribution in [-0.4, -0.2) is 43.7 Å². The van der Waals surface area contributed by atoms with Crippen LogP contribution in [0, 0.1) is 0 Å². The molecule has 3 nitrogen and oxygen atoms in total. The molecule has 1 atom stereocenters. The van der Waals surface area contributed by atoms with Gasteiger partial charge >= 0.3 is 0 Å². The number of hydrogen-bond acceptors (Lipinski definition) is 3. The molecule has 1 saturated heterocycles. The first-order chi connectivity index (χ1) is 9.47. The number of nitrogens with one attached hydrogen (secondary N) is 1. The van der Waals surface area contributed by atoms with Gasteiger partial charge in [0.05, 0.1) is 10.7 Å². The second-order valence-electron chi connectivity index (χ2n) is 6.13. The first-order valence-corrected chi connectivity index (χ1v) is 7.82. The molecule has 0 aliphatic carbocycles. The first-order valence-electron chi connectivity index (χ1n) is 7.44. The van der Waals surface area contributed by atoms with Crippen molar-refractivity contribution in [2.24, 2.45) is 0 Å². The highest BCUT2D eigenvalue weighted by molar-refractivity contribution is 6.33. The van der Waals surface area contributed by atoms with E-state index in [4.69, 9.17) is 11.6 Å². The molecule has 0 amide bonds. The van der Waals surface area contributed by atoms with Crippen LogP contribution in [0.1, 0.15) is 26.3 Å². The summed E-state index contributed by atoms with van der Waals surface area (Å²) >= 11 is 6.50. The number of nitrogens with zero attached hydrogens (tertiary/aromatic N) is 2. The van der Waals surface area contributed by atoms with Crippen LogP contribution >= 0.6 is 11.6 Å². The summed E-state index contributed by atoms with van der Waals surface area (Å²) in [7, 11) is 2.18. The zero-order chi connectivity index (χ0) is 14.7. The Labute approximate surface area is 127 Å². The van der Waals surface area contributed by atoms with E-state index < -0.39 is 0 Å². The van der Waals surface area contributed by atoms with E-state index in [9.17, 15) is 0 Å². The predicted molar refractivity (Wildman–Crippen MR) is 87.7 cm³/mol. The second-order valence-corrected chi connectivity index (χ2v) is 6.53. The highest BCUT2D eigenvalue weighted by Gasteiger charge is 2.23. The van der Waals surface area contributed by atoms with Crippen molar-refractivity contribution < 1.29 is 0 Å². The third-order valence-corrected chi connectivity index (χ3v) is 4.17. The van der Waals surface area contributed by atoms with Crippen molar-refractivity contribution in [2.45, 2.75) is 39.4 Å². The third kappa shape index (κ3) is 3.87. The standard InChI is InChI=1S/C16H26ClN3/c1-12(2)18-10-14-5-6-16(15(17)9-14)20-8-7-19(4)11-13(20)3/h5-6,9,12-13,18H,7-8,10-11H2,1-4H3. The lowest BCUT2D eigenvalue weighted by Crippen LogP contribution is -2.50. The topological polar surface area (TPSA) is 18.5 Å². The van der Waals surface area contributed by atoms with Crippen LogP contribution in [0.4, 0.5) is 5.69 Å². The van der Waals surface area contributed by atoms with E-state index in [1.54, 1.807) is 0 Å². The molecule has 4 heteroatoms. The van der Waals surface area contributed by atoms with Gasteiger partial charge in [0.1, 0.15) is 0 Å². The molecule has 1 aromatic rings. The monoisotopic (exact) mass is 295 g/mol. The maximum Gasteiger partial charge on any atom is 0.0642 e. The Morgan fingerprint density at radius 3 is 2.70 bits per heavy atom. The Morgan fingerprint density at radius 2 is 2.10 bits per heavy atom. The molecular weight excluding hydrogens is 270 g/mol. The Hall–Kier alpha value is -0.770. The Kier molecular flexibility index (Phi) is 5.30. The maximum atomic E-state index is 6.50. The molecule has 112 valence electrons. The Balaban J connectivity index is 2.09. The molecule has 0 aromatic heterocycles. The number of piperazine rings is 1. The molecule has 2 rings (SSSR count). The molecule has 1 heterocycles. The average Bonchev–Trinajstić information content (AvgIpc) is 2.37. The molecule has 1 unspecified atom stereocenters. The third-order valence-electron chi connectivity index (χ3n) is 3.87. The Bertz CT molecular complexity index is 447. The predicted octanol–water partition coefficient (Wildman–Crippen LogP) is 2.98. The quantitative estimate of drug-likeness (QED) is 0.921. The van der Waals surface area contributed by atoms with Gasteiger partial charge in [-0.2, -0.15) is 0 Å². The summed E-state index contributed by atoms with van der Waals surface area (Å²) in [5.41, 5.74) is 2.41. The van der Waals surface area contributed by atoms with E-state index in [-0.39, 0.29) is 0 Å². The van der Waals surface area contributed by atoms with Crippen LogP contribution in [-0.2, 0) is 6.54 Å². The van der Waals surface area contributed by atoms with Crippen molar-refractivity contribution in [3.8, 4) is 0 Å². The zero-order valence-corrected chi connectivity index (χ0v) is 13.7. The van der Waals surface area contributed by atoms with Crippen molar-refractivity contribution in [1.82, 2.24) is 10.2 Å². The fourth-order valence-electron chi connectivity index (χ4n) is 2.71. The van der Waals surface area contributed by atoms with E-state index in [1.165, 1.54) is 11.3 Å². The lowest BCUT2D eigenvalue weighted by atomic mass is 10.1. The normalized spacial score (nSPS) is 20.7. The van der Waals surface area contributed by atoms with Crippen molar-refractivity contribution in [3.63, 3.8) is 0 Å². The van der Waals surface area contributed by atoms with E-state index in [1.807, 2.05) is 0 Å². The van der Waals surface area contributed by atoms with Gasteiger partial charge < -0.3 is 15.1 Å². The minimum atomic E-state index is 0.492. The van der Waals surface area contributed by atoms with Gasteiger partial charge in [-0.3, -0.25) is 0 Å². The molecule has 1 aromatic carbocycles. The van der Waals surface area contributed by atoms with Crippen LogP contribution < -0.4 is 10.2 Å². The molecule has 1 N–H and O–H groups in total. The highest BCUT2D eigenvalue weighted by atomic mass is 35.5. The molecular formula is C16H26ClN3. The zero-order valence-electron chi connectivity index (χ0n) is 13.0. The molecule has 0 radical (unpaired) electrons. The second kappa shape index (κ2) is 6.79. The van der Waals surface area contributed by atoms with Gasteiger partial charge in [0, 0.05) is 38.3 Å². The molecule has 20 heavy (non-hydrogen) atoms. The maximum absolute atomic E-state index is 6.50. The fraction of sp³-hybridized carbons (Fsp3) is 0.625. The van der Waals surface area contributed by atoms with Gasteiger partial charge in [0.2, 0.25) is 0 Å². The fourth-order valence-corrected chi connectivity index (χ4v) is 3.02. The smallest absolute Gasteiger partial charge is 0.0642 e. The number of likely N-dealkylation sites (N-methyl/N-ethyl adjacent to an activating group) is 1. The average molecular weight is 296 g/mol. The molecule has 1 fully saturated rings. The number of halogens is 1. The van der Waals surface area contributed by atoms with Crippen molar-refractivity contribution in [3.05, 3.63) is 28.8 Å². The minimum Gasteiger partial charge on any atom is -0.365 e. The molecule has 1 aliphatic rings. The van der Waals surface area contributed by atoms with Gasteiger partial charge in [0.15, 0.2) is 0 Å². The summed E-state index contributed by atoms with van der Waals surface area (Å²) in [4.78, 5) is 4.79. The summed E-state index contributed by atoms with van der Waals surface area (Å²) in [6.07, 6.45) is 0. The summed E-state index contributed by atoms with van der Waals surface area (Å²) < 4.78 is 0. The van der Waals surface area contributed by atoms with Crippen LogP contribution in [0.3, 0.4) is 0 Å². The summed E-state index contributed by atoms with van der Waals surface area (Å²) in [6, 6.07) is 7.44. The van der Waals surface area contributed by atoms with Gasteiger partial charge in [-0.05, 0) is 31.7 Å². The minimum absolute atomic E-state index is 0.492. The van der Waals surface area contributed by atoms with Crippen molar-refractivity contribution in [2.75, 3.05) is 31.6 Å². The molecule has 0 saturated carbocycles. The largest absolute Gasteiger partial charge is 0.365 e. The van der Waals surface area contributed by atoms with Crippen LogP contribution in [0.5, 0.6) is 0 Å². The van der Waals surface area contributed by atoms with Gasteiger partial charge in [-0.25, -0.2) is 0 Å². The Morgan fingerprint density at radius 1 is 1.35 bits per heavy atom. The lowest BCUT2D eigenvalue weighted by molar-refractivity contribution is 0.275. The number of hydrogen-bond donors (Lipinski definition) is 1. The van der Waals surface area contributed by atoms with Gasteiger partial charge in [-0.15, -0.1) is 0 Å². The number of anilines is 1. The molecule has 0 spiro atoms. The van der Waals surface area contributed by atoms with Crippen molar-refractivity contribution in [1.29, 1.82) is 0 Å². The van der Waals surface area contributed by atoms with E-state index >= 15 is 0 Å². The van der Waals surface area contributed by atoms with Crippen LogP contribution in [0.15, 0.2) is 18.2 Å². The summed E-state index contributed by atoms with van der Waals surface area (Å²) in [5, 5.41) is 4.29. The van der Waals surface area contributed by atoms with E-state index in [2.05, 4.69) is 61.1 Å². The van der Waals surface area contributed by atoms with E-state index in [0.29, 0.717) is 12.1 Å². The van der Waals surface area contributed by atoms with Gasteiger partial charge in [-0.1, -0.05) is 31.5 Å². The number of rotatable bonds is 4. The number of benzene rings is 1. The first kappa shape index (κ1) is 15.6. The molecule has 1 aliphatic heterocycles. The summed E-state index contributed by atoms with van der Waals surface area (Å²) in [5.74, 6) is 0. The highest BCUT2D eigenvalue weighted by Crippen LogP contribution is 2.29. The summed E-state index contributed by atoms with van der Waals surface area (Å²) in [6.45, 7) is 10.7. The van der Waals surface area contributed by atoms with Crippen LogP contribution in [0.25, 0.3) is 0 Å². The van der Waals surface area contributed by atoms with Crippen LogP contribution in [0.2, 0.25) is 5.02 Å². The molecule has 0 bridgehead atoms. The lowest BCUT2D eigenvalue weighted by Gasteiger charge is -2.40. The van der Waals surface area contributed by atoms with Gasteiger partial charge in [0.25, 0.3) is 0 Å². The van der Waals surface area contributed by atoms with E-state index in [0.717, 1.165) is 31.2 Å². The SMILES string of the molecule is CC(C)NCc1ccc(N2CCN(C)CC2C)c(Cl)c1. The van der Waals surface area contributed by atoms with Crippen molar-refractivity contribution >= 4 is 17.3 Å².